The van der Waals surface area contributed by atoms with Crippen molar-refractivity contribution < 1.29 is 0 Å². The third-order valence-electron chi connectivity index (χ3n) is 9.99. The van der Waals surface area contributed by atoms with Gasteiger partial charge in [0, 0.05) is 0 Å². The topological polar surface area (TPSA) is 0 Å². The van der Waals surface area contributed by atoms with E-state index in [1.807, 2.05) is 0 Å². The zero-order chi connectivity index (χ0) is 36.4. The minimum Gasteiger partial charge on any atom is -0.0610 e. The molecule has 0 N–H and O–H groups in total. The molecule has 0 amide bonds. The molecule has 4 aromatic carbocycles. The van der Waals surface area contributed by atoms with Crippen LogP contribution < -0.4 is 0 Å². The van der Waals surface area contributed by atoms with Crippen molar-refractivity contribution in [1.29, 1.82) is 0 Å². The third-order valence-corrected chi connectivity index (χ3v) is 9.99. The molecule has 0 spiro atoms. The van der Waals surface area contributed by atoms with Gasteiger partial charge in [0.1, 0.15) is 0 Å². The lowest BCUT2D eigenvalue weighted by Gasteiger charge is -2.32. The van der Waals surface area contributed by atoms with Crippen LogP contribution in [0.5, 0.6) is 0 Å². The molecule has 48 heavy (non-hydrogen) atoms. The van der Waals surface area contributed by atoms with E-state index in [0.717, 1.165) is 0 Å². The lowest BCUT2D eigenvalue weighted by atomic mass is 9.72. The molecule has 0 heterocycles. The van der Waals surface area contributed by atoms with Crippen LogP contribution in [-0.4, -0.2) is 0 Å². The fourth-order valence-electron chi connectivity index (χ4n) is 6.87. The molecular formula is C48H66. The fourth-order valence-corrected chi connectivity index (χ4v) is 6.87. The first-order chi connectivity index (χ1) is 21.6. The van der Waals surface area contributed by atoms with E-state index in [9.17, 15) is 0 Å². The summed E-state index contributed by atoms with van der Waals surface area (Å²) in [5, 5.41) is 0. The maximum atomic E-state index is 2.50. The second kappa shape index (κ2) is 12.3. The Morgan fingerprint density at radius 2 is 0.542 bits per heavy atom. The predicted molar refractivity (Wildman–Crippen MR) is 215 cm³/mol. The molecule has 0 radical (unpaired) electrons. The molecule has 0 heteroatoms. The maximum Gasteiger partial charge on any atom is -0.00236 e. The van der Waals surface area contributed by atoms with E-state index in [2.05, 4.69) is 197 Å². The quantitative estimate of drug-likeness (QED) is 0.209. The number of hydrogen-bond donors (Lipinski definition) is 0. The Hall–Kier alpha value is -3.12. The number of rotatable bonds is 3. The lowest BCUT2D eigenvalue weighted by Crippen LogP contribution is -2.19. The van der Waals surface area contributed by atoms with Gasteiger partial charge in [-0.3, -0.25) is 0 Å². The van der Waals surface area contributed by atoms with Gasteiger partial charge in [0.05, 0.1) is 0 Å². The predicted octanol–water partition coefficient (Wildman–Crippen LogP) is 14.5. The summed E-state index contributed by atoms with van der Waals surface area (Å²) in [4.78, 5) is 0. The van der Waals surface area contributed by atoms with Crippen molar-refractivity contribution >= 4 is 0 Å². The van der Waals surface area contributed by atoms with Gasteiger partial charge < -0.3 is 0 Å². The van der Waals surface area contributed by atoms with E-state index in [-0.39, 0.29) is 32.5 Å². The number of benzene rings is 4. The zero-order valence-electron chi connectivity index (χ0n) is 33.9. The van der Waals surface area contributed by atoms with Crippen LogP contribution in [0.3, 0.4) is 0 Å². The SMILES string of the molecule is CC(C)(C)c1ccc(-c2cccc(-c3ccc(C(C)(C)C)cc3C(C)(C)C)c2-c2ccc(C(C)(C)C)cc2C(C)(C)C)c(C(C)(C)C)c1. The normalized spacial score (nSPS) is 13.6. The standard InChI is InChI=1S/C48H66/c1-43(2,3)31-22-25-34(39(28-31)46(10,11)12)36-20-19-21-37(35-26-23-32(44(4,5)6)29-40(35)47(13,14)15)42(36)38-27-24-33(45(7,8)9)30-41(38)48(16,17)18/h19-30H,1-18H3. The first kappa shape index (κ1) is 37.7. The molecule has 258 valence electrons. The Bertz CT molecular complexity index is 1690. The molecular weight excluding hydrogens is 577 g/mol. The van der Waals surface area contributed by atoms with Gasteiger partial charge in [0.2, 0.25) is 0 Å². The van der Waals surface area contributed by atoms with Gasteiger partial charge in [-0.15, -0.1) is 0 Å². The summed E-state index contributed by atoms with van der Waals surface area (Å²) in [6, 6.07) is 28.9. The highest BCUT2D eigenvalue weighted by Gasteiger charge is 2.30. The Kier molecular flexibility index (Phi) is 9.69. The van der Waals surface area contributed by atoms with E-state index in [1.54, 1.807) is 0 Å². The van der Waals surface area contributed by atoms with E-state index in [4.69, 9.17) is 0 Å². The molecule has 0 aliphatic rings. The summed E-state index contributed by atoms with van der Waals surface area (Å²) in [5.41, 5.74) is 16.4. The average molecular weight is 643 g/mol. The summed E-state index contributed by atoms with van der Waals surface area (Å²) < 4.78 is 0. The summed E-state index contributed by atoms with van der Waals surface area (Å²) in [5.74, 6) is 0. The highest BCUT2D eigenvalue weighted by molar-refractivity contribution is 5.97. The van der Waals surface area contributed by atoms with Crippen LogP contribution in [0.15, 0.2) is 72.8 Å². The second-order valence-corrected chi connectivity index (χ2v) is 20.5. The van der Waals surface area contributed by atoms with Crippen LogP contribution in [0.4, 0.5) is 0 Å². The van der Waals surface area contributed by atoms with Gasteiger partial charge in [-0.1, -0.05) is 197 Å². The van der Waals surface area contributed by atoms with Crippen molar-refractivity contribution in [2.45, 2.75) is 157 Å². The summed E-state index contributed by atoms with van der Waals surface area (Å²) in [6.07, 6.45) is 0. The minimum absolute atomic E-state index is 0.0300. The smallest absolute Gasteiger partial charge is 0.00236 e. The zero-order valence-corrected chi connectivity index (χ0v) is 33.9. The molecule has 0 aliphatic carbocycles. The van der Waals surface area contributed by atoms with Crippen LogP contribution in [0.25, 0.3) is 33.4 Å². The Balaban J connectivity index is 2.27. The Morgan fingerprint density at radius 1 is 0.271 bits per heavy atom. The van der Waals surface area contributed by atoms with Crippen molar-refractivity contribution in [2.24, 2.45) is 0 Å². The lowest BCUT2D eigenvalue weighted by molar-refractivity contribution is 0.568. The van der Waals surface area contributed by atoms with Gasteiger partial charge in [-0.05, 0) is 99.3 Å². The molecule has 0 aliphatic heterocycles. The molecule has 0 aromatic heterocycles. The highest BCUT2D eigenvalue weighted by Crippen LogP contribution is 2.49. The second-order valence-electron chi connectivity index (χ2n) is 20.5. The molecule has 4 aromatic rings. The van der Waals surface area contributed by atoms with Crippen LogP contribution >= 0.6 is 0 Å². The van der Waals surface area contributed by atoms with Crippen molar-refractivity contribution in [1.82, 2.24) is 0 Å². The van der Waals surface area contributed by atoms with E-state index in [1.165, 1.54) is 66.8 Å². The van der Waals surface area contributed by atoms with Gasteiger partial charge in [-0.2, -0.15) is 0 Å². The van der Waals surface area contributed by atoms with Crippen molar-refractivity contribution in [3.63, 3.8) is 0 Å². The number of hydrogen-bond acceptors (Lipinski definition) is 0. The Morgan fingerprint density at radius 3 is 0.812 bits per heavy atom. The van der Waals surface area contributed by atoms with Gasteiger partial charge >= 0.3 is 0 Å². The van der Waals surface area contributed by atoms with Gasteiger partial charge in [0.15, 0.2) is 0 Å². The van der Waals surface area contributed by atoms with Gasteiger partial charge in [0.25, 0.3) is 0 Å². The van der Waals surface area contributed by atoms with Gasteiger partial charge in [-0.25, -0.2) is 0 Å². The molecule has 0 unspecified atom stereocenters. The van der Waals surface area contributed by atoms with Crippen LogP contribution in [0.1, 0.15) is 158 Å². The summed E-state index contributed by atoms with van der Waals surface area (Å²) in [7, 11) is 0. The average Bonchev–Trinajstić information content (AvgIpc) is 2.93. The van der Waals surface area contributed by atoms with E-state index < -0.39 is 0 Å². The van der Waals surface area contributed by atoms with E-state index in [0.29, 0.717) is 0 Å². The molecule has 0 atom stereocenters. The third kappa shape index (κ3) is 7.85. The molecule has 0 nitrogen and oxygen atoms in total. The summed E-state index contributed by atoms with van der Waals surface area (Å²) >= 11 is 0. The molecule has 0 fully saturated rings. The molecule has 0 saturated heterocycles. The first-order valence-corrected chi connectivity index (χ1v) is 18.2. The first-order valence-electron chi connectivity index (χ1n) is 18.2. The molecule has 0 saturated carbocycles. The van der Waals surface area contributed by atoms with Crippen molar-refractivity contribution in [3.8, 4) is 33.4 Å². The van der Waals surface area contributed by atoms with Crippen LogP contribution in [0.2, 0.25) is 0 Å². The van der Waals surface area contributed by atoms with Crippen LogP contribution in [-0.2, 0) is 32.5 Å². The minimum atomic E-state index is -0.0487. The van der Waals surface area contributed by atoms with Crippen LogP contribution in [0, 0.1) is 0 Å². The molecule has 4 rings (SSSR count). The van der Waals surface area contributed by atoms with E-state index >= 15 is 0 Å². The largest absolute Gasteiger partial charge is 0.0610 e. The highest BCUT2D eigenvalue weighted by atomic mass is 14.3. The van der Waals surface area contributed by atoms with Crippen molar-refractivity contribution in [3.05, 3.63) is 106 Å². The summed E-state index contributed by atoms with van der Waals surface area (Å²) in [6.45, 7) is 42.2. The molecule has 0 bridgehead atoms. The van der Waals surface area contributed by atoms with Crippen molar-refractivity contribution in [2.75, 3.05) is 0 Å². The fraction of sp³-hybridized carbons (Fsp3) is 0.500. The maximum absolute atomic E-state index is 2.50. The monoisotopic (exact) mass is 643 g/mol. The Labute approximate surface area is 295 Å².